The molecule has 0 radical (unpaired) electrons. The SMILES string of the molecule is C/C(=C\CCCN)c1ccc(Cl)s1. The maximum absolute atomic E-state index is 5.84. The third-order valence-electron chi connectivity index (χ3n) is 1.82. The second-order valence-electron chi connectivity index (χ2n) is 2.92. The third-order valence-corrected chi connectivity index (χ3v) is 3.19. The molecule has 0 aliphatic heterocycles. The van der Waals surface area contributed by atoms with Crippen molar-refractivity contribution >= 4 is 28.5 Å². The zero-order chi connectivity index (χ0) is 9.68. The summed E-state index contributed by atoms with van der Waals surface area (Å²) in [6.45, 7) is 2.87. The normalized spacial score (nSPS) is 12.1. The molecule has 0 aromatic carbocycles. The summed E-state index contributed by atoms with van der Waals surface area (Å²) >= 11 is 7.46. The van der Waals surface area contributed by atoms with Crippen molar-refractivity contribution in [3.8, 4) is 0 Å². The maximum Gasteiger partial charge on any atom is 0.0934 e. The summed E-state index contributed by atoms with van der Waals surface area (Å²) < 4.78 is 0.849. The van der Waals surface area contributed by atoms with Crippen molar-refractivity contribution in [3.63, 3.8) is 0 Å². The van der Waals surface area contributed by atoms with Gasteiger partial charge in [0.2, 0.25) is 0 Å². The first-order valence-corrected chi connectivity index (χ1v) is 5.56. The van der Waals surface area contributed by atoms with Crippen LogP contribution in [-0.4, -0.2) is 6.54 Å². The van der Waals surface area contributed by atoms with Crippen LogP contribution in [0.3, 0.4) is 0 Å². The van der Waals surface area contributed by atoms with Gasteiger partial charge < -0.3 is 5.73 Å². The van der Waals surface area contributed by atoms with Crippen molar-refractivity contribution in [2.45, 2.75) is 19.8 Å². The number of rotatable bonds is 4. The van der Waals surface area contributed by atoms with Crippen LogP contribution < -0.4 is 5.73 Å². The van der Waals surface area contributed by atoms with Crippen LogP contribution in [0, 0.1) is 0 Å². The Morgan fingerprint density at radius 3 is 2.92 bits per heavy atom. The molecular weight excluding hydrogens is 202 g/mol. The van der Waals surface area contributed by atoms with E-state index in [1.807, 2.05) is 6.07 Å². The Hall–Kier alpha value is -0.310. The Morgan fingerprint density at radius 1 is 1.62 bits per heavy atom. The molecule has 0 atom stereocenters. The van der Waals surface area contributed by atoms with Gasteiger partial charge in [-0.25, -0.2) is 0 Å². The standard InChI is InChI=1S/C10H14ClNS/c1-8(4-2-3-7-12)9-5-6-10(11)13-9/h4-6H,2-3,7,12H2,1H3/b8-4+. The monoisotopic (exact) mass is 215 g/mol. The van der Waals surface area contributed by atoms with Crippen LogP contribution in [0.15, 0.2) is 18.2 Å². The highest BCUT2D eigenvalue weighted by Gasteiger charge is 1.98. The fourth-order valence-electron chi connectivity index (χ4n) is 1.06. The van der Waals surface area contributed by atoms with E-state index < -0.39 is 0 Å². The summed E-state index contributed by atoms with van der Waals surface area (Å²) in [6.07, 6.45) is 4.32. The van der Waals surface area contributed by atoms with Gasteiger partial charge in [-0.15, -0.1) is 11.3 Å². The van der Waals surface area contributed by atoms with Crippen molar-refractivity contribution in [3.05, 3.63) is 27.4 Å². The van der Waals surface area contributed by atoms with Crippen molar-refractivity contribution in [2.75, 3.05) is 6.54 Å². The maximum atomic E-state index is 5.84. The van der Waals surface area contributed by atoms with E-state index in [9.17, 15) is 0 Å². The summed E-state index contributed by atoms with van der Waals surface area (Å²) in [5.74, 6) is 0. The predicted molar refractivity (Wildman–Crippen MR) is 61.3 cm³/mol. The van der Waals surface area contributed by atoms with Crippen LogP contribution in [0.1, 0.15) is 24.6 Å². The molecule has 1 nitrogen and oxygen atoms in total. The lowest BCUT2D eigenvalue weighted by Gasteiger charge is -1.96. The number of allylic oxidation sites excluding steroid dienone is 2. The van der Waals surface area contributed by atoms with Gasteiger partial charge in [-0.05, 0) is 44.0 Å². The number of unbranched alkanes of at least 4 members (excludes halogenated alkanes) is 1. The van der Waals surface area contributed by atoms with Crippen LogP contribution in [0.5, 0.6) is 0 Å². The van der Waals surface area contributed by atoms with E-state index in [-0.39, 0.29) is 0 Å². The number of thiophene rings is 1. The average Bonchev–Trinajstić information content (AvgIpc) is 2.52. The number of hydrogen-bond acceptors (Lipinski definition) is 2. The average molecular weight is 216 g/mol. The fourth-order valence-corrected chi connectivity index (χ4v) is 2.10. The first kappa shape index (κ1) is 10.8. The Bertz CT molecular complexity index is 291. The Morgan fingerprint density at radius 2 is 2.38 bits per heavy atom. The molecule has 1 aromatic heterocycles. The Labute approximate surface area is 88.2 Å². The van der Waals surface area contributed by atoms with Gasteiger partial charge >= 0.3 is 0 Å². The van der Waals surface area contributed by atoms with Crippen molar-refractivity contribution in [1.82, 2.24) is 0 Å². The molecule has 0 aliphatic rings. The van der Waals surface area contributed by atoms with Crippen molar-refractivity contribution in [1.29, 1.82) is 0 Å². The molecule has 0 bridgehead atoms. The Kier molecular flexibility index (Phi) is 4.50. The van der Waals surface area contributed by atoms with Gasteiger partial charge in [0.05, 0.1) is 4.34 Å². The molecule has 3 heteroatoms. The summed E-state index contributed by atoms with van der Waals surface area (Å²) in [5, 5.41) is 0. The van der Waals surface area contributed by atoms with Gasteiger partial charge in [-0.2, -0.15) is 0 Å². The molecule has 72 valence electrons. The van der Waals surface area contributed by atoms with E-state index >= 15 is 0 Å². The van der Waals surface area contributed by atoms with Gasteiger partial charge in [-0.1, -0.05) is 17.7 Å². The molecule has 0 unspecified atom stereocenters. The van der Waals surface area contributed by atoms with Crippen LogP contribution >= 0.6 is 22.9 Å². The Balaban J connectivity index is 2.56. The largest absolute Gasteiger partial charge is 0.330 e. The third kappa shape index (κ3) is 3.51. The predicted octanol–water partition coefficient (Wildman–Crippen LogP) is 3.54. The van der Waals surface area contributed by atoms with Crippen LogP contribution in [0.2, 0.25) is 4.34 Å². The van der Waals surface area contributed by atoms with E-state index in [2.05, 4.69) is 19.1 Å². The highest BCUT2D eigenvalue weighted by Crippen LogP contribution is 2.27. The molecule has 13 heavy (non-hydrogen) atoms. The number of nitrogens with two attached hydrogens (primary N) is 1. The molecule has 1 rings (SSSR count). The van der Waals surface area contributed by atoms with E-state index in [0.717, 1.165) is 23.7 Å². The van der Waals surface area contributed by atoms with Gasteiger partial charge in [0.15, 0.2) is 0 Å². The van der Waals surface area contributed by atoms with Crippen LogP contribution in [0.4, 0.5) is 0 Å². The molecule has 1 heterocycles. The highest BCUT2D eigenvalue weighted by molar-refractivity contribution is 7.17. The zero-order valence-corrected chi connectivity index (χ0v) is 9.29. The molecule has 0 fully saturated rings. The molecule has 0 saturated carbocycles. The molecular formula is C10H14ClNS. The zero-order valence-electron chi connectivity index (χ0n) is 7.72. The lowest BCUT2D eigenvalue weighted by molar-refractivity contribution is 0.855. The van der Waals surface area contributed by atoms with Crippen LogP contribution in [-0.2, 0) is 0 Å². The van der Waals surface area contributed by atoms with Gasteiger partial charge in [0.1, 0.15) is 0 Å². The molecule has 2 N–H and O–H groups in total. The molecule has 0 amide bonds. The minimum atomic E-state index is 0.759. The summed E-state index contributed by atoms with van der Waals surface area (Å²) in [5.41, 5.74) is 6.71. The first-order chi connectivity index (χ1) is 6.24. The van der Waals surface area contributed by atoms with Gasteiger partial charge in [-0.3, -0.25) is 0 Å². The second-order valence-corrected chi connectivity index (χ2v) is 4.64. The van der Waals surface area contributed by atoms with Crippen molar-refractivity contribution in [2.24, 2.45) is 5.73 Å². The summed E-state index contributed by atoms with van der Waals surface area (Å²) in [6, 6.07) is 3.99. The minimum absolute atomic E-state index is 0.759. The topological polar surface area (TPSA) is 26.0 Å². The molecule has 0 spiro atoms. The first-order valence-electron chi connectivity index (χ1n) is 4.36. The lowest BCUT2D eigenvalue weighted by Crippen LogP contribution is -1.96. The lowest BCUT2D eigenvalue weighted by atomic mass is 10.2. The second kappa shape index (κ2) is 5.43. The van der Waals surface area contributed by atoms with E-state index in [0.29, 0.717) is 0 Å². The number of halogens is 1. The van der Waals surface area contributed by atoms with Crippen LogP contribution in [0.25, 0.3) is 5.57 Å². The highest BCUT2D eigenvalue weighted by atomic mass is 35.5. The summed E-state index contributed by atoms with van der Waals surface area (Å²) in [7, 11) is 0. The van der Waals surface area contributed by atoms with Crippen molar-refractivity contribution < 1.29 is 0 Å². The van der Waals surface area contributed by atoms with Gasteiger partial charge in [0.25, 0.3) is 0 Å². The quantitative estimate of drug-likeness (QED) is 0.764. The number of hydrogen-bond donors (Lipinski definition) is 1. The fraction of sp³-hybridized carbons (Fsp3) is 0.400. The van der Waals surface area contributed by atoms with E-state index in [1.54, 1.807) is 11.3 Å². The molecule has 1 aromatic rings. The smallest absolute Gasteiger partial charge is 0.0934 e. The molecule has 0 saturated heterocycles. The van der Waals surface area contributed by atoms with Gasteiger partial charge in [0, 0.05) is 4.88 Å². The molecule has 0 aliphatic carbocycles. The summed E-state index contributed by atoms with van der Waals surface area (Å²) in [4.78, 5) is 1.25. The van der Waals surface area contributed by atoms with E-state index in [4.69, 9.17) is 17.3 Å². The van der Waals surface area contributed by atoms with E-state index in [1.165, 1.54) is 10.5 Å². The minimum Gasteiger partial charge on any atom is -0.330 e.